The quantitative estimate of drug-likeness (QED) is 0.560. The molecule has 0 aliphatic carbocycles. The first-order valence-electron chi connectivity index (χ1n) is 6.65. The van der Waals surface area contributed by atoms with Gasteiger partial charge in [0, 0.05) is 10.4 Å². The number of aryl methyl sites for hydroxylation is 1. The van der Waals surface area contributed by atoms with Crippen LogP contribution in [0.15, 0.2) is 29.2 Å². The number of likely N-dealkylation sites (N-methyl/N-ethyl adjacent to an activating group) is 1. The molecule has 1 atom stereocenters. The van der Waals surface area contributed by atoms with Gasteiger partial charge in [0.25, 0.3) is 0 Å². The number of rotatable bonds is 8. The van der Waals surface area contributed by atoms with Crippen LogP contribution in [0, 0.1) is 6.92 Å². The van der Waals surface area contributed by atoms with E-state index in [1.807, 2.05) is 18.8 Å². The second-order valence-corrected chi connectivity index (χ2v) is 5.90. The zero-order valence-corrected chi connectivity index (χ0v) is 12.5. The molecule has 0 spiro atoms. The minimum Gasteiger partial charge on any atom is -0.394 e. The van der Waals surface area contributed by atoms with Crippen molar-refractivity contribution in [1.29, 1.82) is 0 Å². The SMILES string of the molecule is CCC(CO)(CCCSc1ccccc1C)NC. The van der Waals surface area contributed by atoms with Crippen LogP contribution in [-0.4, -0.2) is 30.1 Å². The van der Waals surface area contributed by atoms with Gasteiger partial charge in [0.2, 0.25) is 0 Å². The van der Waals surface area contributed by atoms with Crippen LogP contribution >= 0.6 is 11.8 Å². The molecule has 102 valence electrons. The van der Waals surface area contributed by atoms with Gasteiger partial charge in [-0.1, -0.05) is 25.1 Å². The van der Waals surface area contributed by atoms with Crippen LogP contribution in [0.1, 0.15) is 31.7 Å². The first-order chi connectivity index (χ1) is 8.67. The second kappa shape index (κ2) is 7.82. The van der Waals surface area contributed by atoms with Crippen LogP contribution in [0.4, 0.5) is 0 Å². The van der Waals surface area contributed by atoms with Crippen LogP contribution in [-0.2, 0) is 0 Å². The van der Waals surface area contributed by atoms with E-state index in [9.17, 15) is 5.11 Å². The lowest BCUT2D eigenvalue weighted by Crippen LogP contribution is -2.45. The third kappa shape index (κ3) is 4.30. The fourth-order valence-corrected chi connectivity index (χ4v) is 3.04. The lowest BCUT2D eigenvalue weighted by Gasteiger charge is -2.30. The Kier molecular flexibility index (Phi) is 6.76. The van der Waals surface area contributed by atoms with Gasteiger partial charge in [0.1, 0.15) is 0 Å². The monoisotopic (exact) mass is 267 g/mol. The molecule has 18 heavy (non-hydrogen) atoms. The molecule has 0 radical (unpaired) electrons. The van der Waals surface area contributed by atoms with Gasteiger partial charge in [-0.25, -0.2) is 0 Å². The summed E-state index contributed by atoms with van der Waals surface area (Å²) in [7, 11) is 1.94. The van der Waals surface area contributed by atoms with E-state index in [0.29, 0.717) is 0 Å². The van der Waals surface area contributed by atoms with Gasteiger partial charge in [0.05, 0.1) is 6.61 Å². The van der Waals surface area contributed by atoms with E-state index in [-0.39, 0.29) is 12.1 Å². The van der Waals surface area contributed by atoms with Crippen molar-refractivity contribution in [3.63, 3.8) is 0 Å². The number of benzene rings is 1. The second-order valence-electron chi connectivity index (χ2n) is 4.76. The molecule has 1 aromatic carbocycles. The lowest BCUT2D eigenvalue weighted by atomic mass is 9.92. The molecule has 0 saturated carbocycles. The zero-order valence-electron chi connectivity index (χ0n) is 11.7. The fourth-order valence-electron chi connectivity index (χ4n) is 2.06. The average Bonchev–Trinajstić information content (AvgIpc) is 2.42. The Hall–Kier alpha value is -0.510. The molecule has 1 aromatic rings. The predicted molar refractivity (Wildman–Crippen MR) is 80.3 cm³/mol. The molecule has 0 amide bonds. The average molecular weight is 267 g/mol. The van der Waals surface area contributed by atoms with Crippen molar-refractivity contribution in [2.24, 2.45) is 0 Å². The molecule has 0 bridgehead atoms. The minimum absolute atomic E-state index is 0.0910. The Morgan fingerprint density at radius 2 is 2.06 bits per heavy atom. The summed E-state index contributed by atoms with van der Waals surface area (Å²) < 4.78 is 0. The summed E-state index contributed by atoms with van der Waals surface area (Å²) in [5.41, 5.74) is 1.26. The highest BCUT2D eigenvalue weighted by molar-refractivity contribution is 7.99. The Bertz CT molecular complexity index is 342. The Morgan fingerprint density at radius 3 is 2.61 bits per heavy atom. The van der Waals surface area contributed by atoms with E-state index in [1.54, 1.807) is 0 Å². The van der Waals surface area contributed by atoms with E-state index in [1.165, 1.54) is 10.5 Å². The molecule has 0 aliphatic heterocycles. The highest BCUT2D eigenvalue weighted by Gasteiger charge is 2.23. The maximum Gasteiger partial charge on any atom is 0.0613 e. The van der Waals surface area contributed by atoms with E-state index < -0.39 is 0 Å². The summed E-state index contributed by atoms with van der Waals surface area (Å²) in [4.78, 5) is 1.37. The molecule has 0 aromatic heterocycles. The van der Waals surface area contributed by atoms with E-state index in [4.69, 9.17) is 0 Å². The largest absolute Gasteiger partial charge is 0.394 e. The number of aliphatic hydroxyl groups excluding tert-OH is 1. The Balaban J connectivity index is 2.37. The maximum atomic E-state index is 9.47. The van der Waals surface area contributed by atoms with Gasteiger partial charge < -0.3 is 10.4 Å². The molecule has 0 fully saturated rings. The van der Waals surface area contributed by atoms with Crippen molar-refractivity contribution in [1.82, 2.24) is 5.32 Å². The van der Waals surface area contributed by atoms with Gasteiger partial charge in [-0.2, -0.15) is 0 Å². The van der Waals surface area contributed by atoms with E-state index >= 15 is 0 Å². The van der Waals surface area contributed by atoms with Crippen LogP contribution in [0.2, 0.25) is 0 Å². The Morgan fingerprint density at radius 1 is 1.33 bits per heavy atom. The molecule has 1 rings (SSSR count). The number of aliphatic hydroxyl groups is 1. The van der Waals surface area contributed by atoms with Crippen LogP contribution in [0.5, 0.6) is 0 Å². The standard InChI is InChI=1S/C15H25NOS/c1-4-15(12-17,16-3)10-7-11-18-14-9-6-5-8-13(14)2/h5-6,8-9,16-17H,4,7,10-12H2,1-3H3. The topological polar surface area (TPSA) is 32.3 Å². The first-order valence-corrected chi connectivity index (χ1v) is 7.64. The molecule has 2 N–H and O–H groups in total. The highest BCUT2D eigenvalue weighted by Crippen LogP contribution is 2.25. The van der Waals surface area contributed by atoms with Crippen LogP contribution in [0.25, 0.3) is 0 Å². The van der Waals surface area contributed by atoms with E-state index in [2.05, 4.69) is 43.4 Å². The van der Waals surface area contributed by atoms with Crippen LogP contribution in [0.3, 0.4) is 0 Å². The predicted octanol–water partition coefficient (Wildman–Crippen LogP) is 3.23. The third-order valence-corrected chi connectivity index (χ3v) is 4.92. The molecule has 1 unspecified atom stereocenters. The van der Waals surface area contributed by atoms with Crippen molar-refractivity contribution >= 4 is 11.8 Å². The molecular weight excluding hydrogens is 242 g/mol. The van der Waals surface area contributed by atoms with Crippen LogP contribution < -0.4 is 5.32 Å². The van der Waals surface area contributed by atoms with Gasteiger partial charge >= 0.3 is 0 Å². The maximum absolute atomic E-state index is 9.47. The lowest BCUT2D eigenvalue weighted by molar-refractivity contribution is 0.154. The smallest absolute Gasteiger partial charge is 0.0613 e. The van der Waals surface area contributed by atoms with Gasteiger partial charge in [0.15, 0.2) is 0 Å². The fraction of sp³-hybridized carbons (Fsp3) is 0.600. The summed E-state index contributed by atoms with van der Waals surface area (Å²) in [5.74, 6) is 1.11. The molecular formula is C15H25NOS. The molecule has 0 heterocycles. The first kappa shape index (κ1) is 15.5. The summed E-state index contributed by atoms with van der Waals surface area (Å²) in [6, 6.07) is 8.50. The normalized spacial score (nSPS) is 14.4. The van der Waals surface area contributed by atoms with Crippen molar-refractivity contribution in [3.05, 3.63) is 29.8 Å². The van der Waals surface area contributed by atoms with E-state index in [0.717, 1.165) is 25.0 Å². The summed E-state index contributed by atoms with van der Waals surface area (Å²) in [5, 5.41) is 12.7. The number of hydrogen-bond donors (Lipinski definition) is 2. The van der Waals surface area contributed by atoms with Gasteiger partial charge in [-0.05, 0) is 50.6 Å². The summed E-state index contributed by atoms with van der Waals surface area (Å²) in [6.07, 6.45) is 3.11. The summed E-state index contributed by atoms with van der Waals surface area (Å²) >= 11 is 1.91. The molecule has 3 heteroatoms. The highest BCUT2D eigenvalue weighted by atomic mass is 32.2. The zero-order chi connectivity index (χ0) is 13.4. The Labute approximate surface area is 115 Å². The van der Waals surface area contributed by atoms with Crippen molar-refractivity contribution in [2.45, 2.75) is 43.5 Å². The van der Waals surface area contributed by atoms with Crippen molar-refractivity contribution in [2.75, 3.05) is 19.4 Å². The number of nitrogens with one attached hydrogen (secondary N) is 1. The molecule has 0 saturated heterocycles. The molecule has 0 aliphatic rings. The minimum atomic E-state index is -0.0910. The number of hydrogen-bond acceptors (Lipinski definition) is 3. The van der Waals surface area contributed by atoms with Crippen molar-refractivity contribution in [3.8, 4) is 0 Å². The van der Waals surface area contributed by atoms with Gasteiger partial charge in [-0.3, -0.25) is 0 Å². The molecule has 2 nitrogen and oxygen atoms in total. The number of thioether (sulfide) groups is 1. The van der Waals surface area contributed by atoms with Crippen molar-refractivity contribution < 1.29 is 5.11 Å². The van der Waals surface area contributed by atoms with Gasteiger partial charge in [-0.15, -0.1) is 11.8 Å². The third-order valence-electron chi connectivity index (χ3n) is 3.66. The summed E-state index contributed by atoms with van der Waals surface area (Å²) in [6.45, 7) is 4.50.